The maximum absolute atomic E-state index is 5.78. The van der Waals surface area contributed by atoms with E-state index in [1.54, 1.807) is 0 Å². The van der Waals surface area contributed by atoms with E-state index in [1.807, 2.05) is 6.07 Å². The van der Waals surface area contributed by atoms with Crippen molar-refractivity contribution in [2.45, 2.75) is 52.2 Å². The van der Waals surface area contributed by atoms with Gasteiger partial charge in [0, 0.05) is 38.2 Å². The minimum Gasteiger partial charge on any atom is -0.374 e. The molecule has 150 valence electrons. The van der Waals surface area contributed by atoms with Gasteiger partial charge in [0.15, 0.2) is 11.7 Å². The largest absolute Gasteiger partial charge is 0.374 e. The highest BCUT2D eigenvalue weighted by atomic mass is 127. The molecule has 0 saturated carbocycles. The number of morpholine rings is 1. The topological polar surface area (TPSA) is 74.9 Å². The Hall–Kier alpha value is -0.870. The lowest BCUT2D eigenvalue weighted by Crippen LogP contribution is -2.48. The predicted octanol–water partition coefficient (Wildman–Crippen LogP) is 2.58. The molecule has 0 spiro atoms. The van der Waals surface area contributed by atoms with E-state index in [0.29, 0.717) is 12.5 Å². The summed E-state index contributed by atoms with van der Waals surface area (Å²) in [6.45, 7) is 11.2. The molecule has 2 heterocycles. The van der Waals surface area contributed by atoms with E-state index >= 15 is 0 Å². The Morgan fingerprint density at radius 2 is 2.12 bits per heavy atom. The highest BCUT2D eigenvalue weighted by Gasteiger charge is 2.18. The standard InChI is InChI=1S/C18H33N5O2.HI/c1-5-14(6-2)17-10-15(25-22-17)11-20-18(19-7-3)21-12-16-13-23(4)8-9-24-16;/h10,14,16H,5-9,11-13H2,1-4H3,(H2,19,20,21);1H. The summed E-state index contributed by atoms with van der Waals surface area (Å²) in [5.74, 6) is 2.04. The highest BCUT2D eigenvalue weighted by Crippen LogP contribution is 2.22. The van der Waals surface area contributed by atoms with Crippen LogP contribution >= 0.6 is 24.0 Å². The van der Waals surface area contributed by atoms with Gasteiger partial charge >= 0.3 is 0 Å². The summed E-state index contributed by atoms with van der Waals surface area (Å²) in [4.78, 5) is 6.89. The molecule has 0 aromatic carbocycles. The van der Waals surface area contributed by atoms with Crippen molar-refractivity contribution in [3.05, 3.63) is 17.5 Å². The lowest BCUT2D eigenvalue weighted by atomic mass is 9.99. The van der Waals surface area contributed by atoms with Crippen LogP contribution in [0.15, 0.2) is 15.6 Å². The Kier molecular flexibility index (Phi) is 11.1. The van der Waals surface area contributed by atoms with Gasteiger partial charge in [0.1, 0.15) is 6.54 Å². The Bertz CT molecular complexity index is 533. The summed E-state index contributed by atoms with van der Waals surface area (Å²) in [6.07, 6.45) is 2.34. The molecule has 7 nitrogen and oxygen atoms in total. The van der Waals surface area contributed by atoms with Crippen LogP contribution in [0.25, 0.3) is 0 Å². The van der Waals surface area contributed by atoms with Gasteiger partial charge in [-0.25, -0.2) is 4.99 Å². The van der Waals surface area contributed by atoms with Crippen LogP contribution in [0, 0.1) is 0 Å². The molecule has 1 fully saturated rings. The number of nitrogens with one attached hydrogen (secondary N) is 2. The van der Waals surface area contributed by atoms with Crippen molar-refractivity contribution < 1.29 is 9.26 Å². The smallest absolute Gasteiger partial charge is 0.191 e. The average Bonchev–Trinajstić information content (AvgIpc) is 3.07. The first-order chi connectivity index (χ1) is 12.2. The highest BCUT2D eigenvalue weighted by molar-refractivity contribution is 14.0. The first kappa shape index (κ1) is 23.2. The van der Waals surface area contributed by atoms with E-state index in [2.05, 4.69) is 53.5 Å². The number of halogens is 1. The summed E-state index contributed by atoms with van der Waals surface area (Å²) >= 11 is 0. The monoisotopic (exact) mass is 479 g/mol. The Morgan fingerprint density at radius 1 is 1.35 bits per heavy atom. The zero-order chi connectivity index (χ0) is 18.1. The normalized spacial score (nSPS) is 18.7. The Morgan fingerprint density at radius 3 is 2.77 bits per heavy atom. The number of hydrogen-bond donors (Lipinski definition) is 2. The number of likely N-dealkylation sites (N-methyl/N-ethyl adjacent to an activating group) is 1. The van der Waals surface area contributed by atoms with Crippen molar-refractivity contribution in [2.24, 2.45) is 4.99 Å². The van der Waals surface area contributed by atoms with E-state index in [-0.39, 0.29) is 30.1 Å². The molecule has 0 radical (unpaired) electrons. The van der Waals surface area contributed by atoms with E-state index in [0.717, 1.165) is 63.0 Å². The van der Waals surface area contributed by atoms with Crippen molar-refractivity contribution in [3.8, 4) is 0 Å². The van der Waals surface area contributed by atoms with Gasteiger partial charge in [-0.1, -0.05) is 19.0 Å². The fourth-order valence-electron chi connectivity index (χ4n) is 3.00. The number of rotatable bonds is 8. The quantitative estimate of drug-likeness (QED) is 0.339. The molecule has 8 heteroatoms. The van der Waals surface area contributed by atoms with Crippen LogP contribution in [-0.2, 0) is 11.3 Å². The Labute approximate surface area is 174 Å². The molecular formula is C18H34IN5O2. The molecule has 1 aliphatic rings. The van der Waals surface area contributed by atoms with Crippen LogP contribution in [0.3, 0.4) is 0 Å². The lowest BCUT2D eigenvalue weighted by molar-refractivity contribution is -0.0161. The number of aliphatic imine (C=N–C) groups is 1. The summed E-state index contributed by atoms with van der Waals surface area (Å²) in [6, 6.07) is 2.03. The number of aromatic nitrogens is 1. The predicted molar refractivity (Wildman–Crippen MR) is 115 cm³/mol. The van der Waals surface area contributed by atoms with E-state index < -0.39 is 0 Å². The fourth-order valence-corrected chi connectivity index (χ4v) is 3.00. The van der Waals surface area contributed by atoms with Gasteiger partial charge in [0.2, 0.25) is 0 Å². The fraction of sp³-hybridized carbons (Fsp3) is 0.778. The van der Waals surface area contributed by atoms with Gasteiger partial charge in [0.05, 0.1) is 18.4 Å². The van der Waals surface area contributed by atoms with Crippen molar-refractivity contribution in [1.82, 2.24) is 20.7 Å². The number of nitrogens with zero attached hydrogens (tertiary/aromatic N) is 3. The third kappa shape index (κ3) is 7.40. The van der Waals surface area contributed by atoms with Gasteiger partial charge in [-0.15, -0.1) is 24.0 Å². The molecule has 2 rings (SSSR count). The van der Waals surface area contributed by atoms with Gasteiger partial charge in [-0.2, -0.15) is 0 Å². The van der Waals surface area contributed by atoms with E-state index in [9.17, 15) is 0 Å². The molecule has 1 atom stereocenters. The first-order valence-corrected chi connectivity index (χ1v) is 9.44. The third-order valence-corrected chi connectivity index (χ3v) is 4.56. The van der Waals surface area contributed by atoms with Gasteiger partial charge < -0.3 is 24.8 Å². The molecule has 1 aromatic heterocycles. The van der Waals surface area contributed by atoms with E-state index in [1.165, 1.54) is 0 Å². The second-order valence-electron chi connectivity index (χ2n) is 6.56. The van der Waals surface area contributed by atoms with Crippen LogP contribution in [0.1, 0.15) is 51.0 Å². The molecule has 1 aliphatic heterocycles. The Balaban J connectivity index is 0.00000338. The molecule has 0 bridgehead atoms. The second-order valence-corrected chi connectivity index (χ2v) is 6.56. The summed E-state index contributed by atoms with van der Waals surface area (Å²) in [7, 11) is 2.12. The zero-order valence-electron chi connectivity index (χ0n) is 16.5. The summed E-state index contributed by atoms with van der Waals surface area (Å²) in [5, 5.41) is 10.8. The molecule has 2 N–H and O–H groups in total. The molecule has 1 saturated heterocycles. The van der Waals surface area contributed by atoms with Crippen LogP contribution < -0.4 is 10.6 Å². The summed E-state index contributed by atoms with van der Waals surface area (Å²) < 4.78 is 11.2. The second kappa shape index (κ2) is 12.5. The third-order valence-electron chi connectivity index (χ3n) is 4.56. The molecule has 0 aliphatic carbocycles. The van der Waals surface area contributed by atoms with E-state index in [4.69, 9.17) is 9.26 Å². The SMILES string of the molecule is CCNC(=NCc1cc(C(CC)CC)no1)NCC1CN(C)CCO1.I. The number of hydrogen-bond acceptors (Lipinski definition) is 5. The van der Waals surface area contributed by atoms with Crippen molar-refractivity contribution >= 4 is 29.9 Å². The zero-order valence-corrected chi connectivity index (χ0v) is 18.8. The van der Waals surface area contributed by atoms with Crippen molar-refractivity contribution in [1.29, 1.82) is 0 Å². The van der Waals surface area contributed by atoms with Crippen LogP contribution in [0.5, 0.6) is 0 Å². The van der Waals surface area contributed by atoms with Gasteiger partial charge in [0.25, 0.3) is 0 Å². The number of ether oxygens (including phenoxy) is 1. The molecule has 1 aromatic rings. The average molecular weight is 479 g/mol. The number of guanidine groups is 1. The van der Waals surface area contributed by atoms with Crippen LogP contribution in [-0.4, -0.2) is 62.0 Å². The first-order valence-electron chi connectivity index (χ1n) is 9.44. The van der Waals surface area contributed by atoms with Gasteiger partial charge in [-0.05, 0) is 26.8 Å². The van der Waals surface area contributed by atoms with Crippen LogP contribution in [0.4, 0.5) is 0 Å². The minimum atomic E-state index is 0. The molecule has 1 unspecified atom stereocenters. The van der Waals surface area contributed by atoms with Gasteiger partial charge in [-0.3, -0.25) is 0 Å². The summed E-state index contributed by atoms with van der Waals surface area (Å²) in [5.41, 5.74) is 1.03. The van der Waals surface area contributed by atoms with Crippen LogP contribution in [0.2, 0.25) is 0 Å². The van der Waals surface area contributed by atoms with Crippen molar-refractivity contribution in [2.75, 3.05) is 39.8 Å². The minimum absolute atomic E-state index is 0. The molecule has 26 heavy (non-hydrogen) atoms. The maximum atomic E-state index is 5.78. The maximum Gasteiger partial charge on any atom is 0.191 e. The van der Waals surface area contributed by atoms with Crippen molar-refractivity contribution in [3.63, 3.8) is 0 Å². The lowest BCUT2D eigenvalue weighted by Gasteiger charge is -2.30. The molecular weight excluding hydrogens is 445 g/mol. The molecule has 0 amide bonds.